The number of ether oxygens (including phenoxy) is 2. The van der Waals surface area contributed by atoms with E-state index in [4.69, 9.17) is 21.1 Å². The van der Waals surface area contributed by atoms with Crippen LogP contribution in [-0.4, -0.2) is 43.5 Å². The van der Waals surface area contributed by atoms with Gasteiger partial charge in [0.05, 0.1) is 36.1 Å². The van der Waals surface area contributed by atoms with Crippen LogP contribution in [0, 0.1) is 0 Å². The molecule has 0 saturated heterocycles. The molecule has 0 saturated carbocycles. The van der Waals surface area contributed by atoms with Crippen LogP contribution in [0.2, 0.25) is 5.28 Å². The number of nitrogens with zero attached hydrogens (tertiary/aromatic N) is 2. The molecule has 0 aliphatic rings. The summed E-state index contributed by atoms with van der Waals surface area (Å²) < 4.78 is 34.9. The van der Waals surface area contributed by atoms with Crippen LogP contribution >= 0.6 is 11.6 Å². The molecule has 0 bridgehead atoms. The van der Waals surface area contributed by atoms with Crippen molar-refractivity contribution in [2.24, 2.45) is 0 Å². The van der Waals surface area contributed by atoms with E-state index < -0.39 is 9.84 Å². The summed E-state index contributed by atoms with van der Waals surface area (Å²) in [7, 11) is -0.445. The molecule has 0 radical (unpaired) electrons. The summed E-state index contributed by atoms with van der Waals surface area (Å²) >= 11 is 6.03. The zero-order chi connectivity index (χ0) is 20.5. The molecule has 0 atom stereocenters. The highest BCUT2D eigenvalue weighted by molar-refractivity contribution is 7.91. The molecule has 28 heavy (non-hydrogen) atoms. The summed E-state index contributed by atoms with van der Waals surface area (Å²) in [5, 5.41) is 13.6. The van der Waals surface area contributed by atoms with Crippen LogP contribution in [-0.2, 0) is 9.84 Å². The number of aromatic nitrogens is 2. The highest BCUT2D eigenvalue weighted by atomic mass is 35.5. The van der Waals surface area contributed by atoms with E-state index >= 15 is 0 Å². The van der Waals surface area contributed by atoms with E-state index in [-0.39, 0.29) is 33.2 Å². The first-order valence-corrected chi connectivity index (χ1v) is 10.2. The fraction of sp³-hybridized carbons (Fsp3) is 0.222. The number of phenolic OH excluding ortho intramolecular Hbond substituents is 1. The number of aromatic hydroxyl groups is 1. The second-order valence-electron chi connectivity index (χ2n) is 5.77. The van der Waals surface area contributed by atoms with Crippen molar-refractivity contribution in [1.82, 2.24) is 9.97 Å². The van der Waals surface area contributed by atoms with Gasteiger partial charge >= 0.3 is 0 Å². The van der Waals surface area contributed by atoms with Gasteiger partial charge in [0, 0.05) is 11.5 Å². The van der Waals surface area contributed by atoms with E-state index in [1.54, 1.807) is 19.1 Å². The van der Waals surface area contributed by atoms with E-state index in [1.165, 1.54) is 32.4 Å². The molecule has 8 nitrogen and oxygen atoms in total. The SMILES string of the molecule is CCS(=O)(=O)c1ccc(O)c(Nc2nc(Cl)nc3cc(OC)c(OC)cc23)c1. The minimum atomic E-state index is -3.45. The number of phenols is 1. The first kappa shape index (κ1) is 20.0. The highest BCUT2D eigenvalue weighted by Gasteiger charge is 2.17. The van der Waals surface area contributed by atoms with E-state index in [0.29, 0.717) is 22.4 Å². The lowest BCUT2D eigenvalue weighted by Gasteiger charge is -2.14. The van der Waals surface area contributed by atoms with Crippen molar-refractivity contribution in [3.8, 4) is 17.2 Å². The lowest BCUT2D eigenvalue weighted by molar-refractivity contribution is 0.356. The number of halogens is 1. The number of hydrogen-bond donors (Lipinski definition) is 2. The number of nitrogens with one attached hydrogen (secondary N) is 1. The molecule has 2 aromatic carbocycles. The predicted octanol–water partition coefficient (Wildman–Crippen LogP) is 3.54. The third-order valence-corrected chi connectivity index (χ3v) is 6.04. The van der Waals surface area contributed by atoms with Crippen molar-refractivity contribution in [3.63, 3.8) is 0 Å². The molecule has 1 heterocycles. The summed E-state index contributed by atoms with van der Waals surface area (Å²) in [6.07, 6.45) is 0. The molecule has 0 unspecified atom stereocenters. The van der Waals surface area contributed by atoms with E-state index in [9.17, 15) is 13.5 Å². The number of rotatable bonds is 6. The van der Waals surface area contributed by atoms with E-state index in [2.05, 4.69) is 15.3 Å². The summed E-state index contributed by atoms with van der Waals surface area (Å²) in [4.78, 5) is 8.42. The maximum Gasteiger partial charge on any atom is 0.224 e. The highest BCUT2D eigenvalue weighted by Crippen LogP contribution is 2.37. The quantitative estimate of drug-likeness (QED) is 0.457. The lowest BCUT2D eigenvalue weighted by atomic mass is 10.2. The molecule has 10 heteroatoms. The fourth-order valence-electron chi connectivity index (χ4n) is 2.63. The summed E-state index contributed by atoms with van der Waals surface area (Å²) in [5.41, 5.74) is 0.650. The Balaban J connectivity index is 2.16. The van der Waals surface area contributed by atoms with Crippen molar-refractivity contribution < 1.29 is 23.0 Å². The number of benzene rings is 2. The van der Waals surface area contributed by atoms with Crippen LogP contribution in [0.4, 0.5) is 11.5 Å². The number of hydrogen-bond acceptors (Lipinski definition) is 8. The van der Waals surface area contributed by atoms with Crippen LogP contribution in [0.25, 0.3) is 10.9 Å². The topological polar surface area (TPSA) is 111 Å². The normalized spacial score (nSPS) is 11.4. The Morgan fingerprint density at radius 3 is 2.43 bits per heavy atom. The van der Waals surface area contributed by atoms with Gasteiger partial charge in [0.25, 0.3) is 0 Å². The van der Waals surface area contributed by atoms with Gasteiger partial charge in [-0.25, -0.2) is 13.4 Å². The molecule has 2 N–H and O–H groups in total. The van der Waals surface area contributed by atoms with Gasteiger partial charge in [0.2, 0.25) is 5.28 Å². The third kappa shape index (κ3) is 3.76. The molecule has 1 aromatic heterocycles. The minimum absolute atomic E-state index is 0.0287. The average Bonchev–Trinajstić information content (AvgIpc) is 2.68. The van der Waals surface area contributed by atoms with Crippen LogP contribution in [0.5, 0.6) is 17.2 Å². The molecular weight excluding hydrogens is 406 g/mol. The van der Waals surface area contributed by atoms with Crippen molar-refractivity contribution in [2.75, 3.05) is 25.3 Å². The summed E-state index contributed by atoms with van der Waals surface area (Å²) in [5.74, 6) is 0.997. The Kier molecular flexibility index (Phi) is 5.48. The Labute approximate surface area is 167 Å². The van der Waals surface area contributed by atoms with Gasteiger partial charge in [0.15, 0.2) is 21.3 Å². The molecule has 0 spiro atoms. The standard InChI is InChI=1S/C18H18ClN3O5S/c1-4-28(24,25)10-5-6-14(23)13(7-10)20-17-11-8-15(26-2)16(27-3)9-12(11)21-18(19)22-17/h5-9,23H,4H2,1-3H3,(H,20,21,22). The Bertz CT molecular complexity index is 1150. The van der Waals surface area contributed by atoms with Crippen LogP contribution in [0.15, 0.2) is 35.2 Å². The molecule has 0 aliphatic heterocycles. The first-order chi connectivity index (χ1) is 13.3. The van der Waals surface area contributed by atoms with Gasteiger partial charge in [-0.3, -0.25) is 0 Å². The molecule has 3 aromatic rings. The zero-order valence-electron chi connectivity index (χ0n) is 15.4. The van der Waals surface area contributed by atoms with Crippen molar-refractivity contribution in [2.45, 2.75) is 11.8 Å². The lowest BCUT2D eigenvalue weighted by Crippen LogP contribution is -2.05. The molecule has 0 fully saturated rings. The Morgan fingerprint density at radius 1 is 1.11 bits per heavy atom. The van der Waals surface area contributed by atoms with E-state index in [1.807, 2.05) is 0 Å². The van der Waals surface area contributed by atoms with Crippen molar-refractivity contribution in [3.05, 3.63) is 35.6 Å². The number of sulfone groups is 1. The van der Waals surface area contributed by atoms with Crippen LogP contribution < -0.4 is 14.8 Å². The second kappa shape index (κ2) is 7.69. The van der Waals surface area contributed by atoms with Gasteiger partial charge < -0.3 is 19.9 Å². The number of fused-ring (bicyclic) bond motifs is 1. The minimum Gasteiger partial charge on any atom is -0.506 e. The van der Waals surface area contributed by atoms with Crippen molar-refractivity contribution in [1.29, 1.82) is 0 Å². The van der Waals surface area contributed by atoms with Gasteiger partial charge in [-0.05, 0) is 35.9 Å². The predicted molar refractivity (Wildman–Crippen MR) is 107 cm³/mol. The maximum absolute atomic E-state index is 12.2. The third-order valence-electron chi connectivity index (χ3n) is 4.13. The van der Waals surface area contributed by atoms with Crippen LogP contribution in [0.3, 0.4) is 0 Å². The molecule has 0 aliphatic carbocycles. The van der Waals surface area contributed by atoms with Gasteiger partial charge in [0.1, 0.15) is 11.6 Å². The zero-order valence-corrected chi connectivity index (χ0v) is 16.9. The first-order valence-electron chi connectivity index (χ1n) is 8.21. The molecule has 0 amide bonds. The van der Waals surface area contributed by atoms with Gasteiger partial charge in [-0.2, -0.15) is 4.98 Å². The molecule has 148 valence electrons. The second-order valence-corrected chi connectivity index (χ2v) is 8.39. The molecular formula is C18H18ClN3O5S. The smallest absolute Gasteiger partial charge is 0.224 e. The summed E-state index contributed by atoms with van der Waals surface area (Å²) in [6, 6.07) is 7.30. The average molecular weight is 424 g/mol. The Morgan fingerprint density at radius 2 is 1.79 bits per heavy atom. The summed E-state index contributed by atoms with van der Waals surface area (Å²) in [6.45, 7) is 1.55. The number of methoxy groups -OCH3 is 2. The monoisotopic (exact) mass is 423 g/mol. The van der Waals surface area contributed by atoms with E-state index in [0.717, 1.165) is 0 Å². The van der Waals surface area contributed by atoms with Gasteiger partial charge in [-0.15, -0.1) is 0 Å². The van der Waals surface area contributed by atoms with Gasteiger partial charge in [-0.1, -0.05) is 6.92 Å². The van der Waals surface area contributed by atoms with Crippen LogP contribution in [0.1, 0.15) is 6.92 Å². The number of anilines is 2. The maximum atomic E-state index is 12.2. The largest absolute Gasteiger partial charge is 0.506 e. The Hall–Kier alpha value is -2.78. The fourth-order valence-corrected chi connectivity index (χ4v) is 3.71. The molecule has 3 rings (SSSR count). The van der Waals surface area contributed by atoms with Crippen molar-refractivity contribution >= 4 is 43.8 Å².